The number of nitrogens with zero attached hydrogens (tertiary/aromatic N) is 3. The van der Waals surface area contributed by atoms with Gasteiger partial charge in [-0.2, -0.15) is 0 Å². The van der Waals surface area contributed by atoms with Crippen molar-refractivity contribution in [3.8, 4) is 5.75 Å². The van der Waals surface area contributed by atoms with Crippen molar-refractivity contribution in [2.24, 2.45) is 17.1 Å². The van der Waals surface area contributed by atoms with Crippen molar-refractivity contribution in [3.05, 3.63) is 58.9 Å². The van der Waals surface area contributed by atoms with Gasteiger partial charge in [0.25, 0.3) is 0 Å². The predicted molar refractivity (Wildman–Crippen MR) is 149 cm³/mol. The van der Waals surface area contributed by atoms with Gasteiger partial charge in [-0.3, -0.25) is 24.6 Å². The number of rotatable bonds is 7. The number of hydrogen-bond donors (Lipinski definition) is 3. The van der Waals surface area contributed by atoms with Crippen LogP contribution in [0, 0.1) is 25.2 Å². The van der Waals surface area contributed by atoms with Gasteiger partial charge in [-0.1, -0.05) is 39.0 Å². The number of pyridine rings is 1. The fourth-order valence-electron chi connectivity index (χ4n) is 6.01. The third kappa shape index (κ3) is 6.28. The molecule has 3 atom stereocenters. The van der Waals surface area contributed by atoms with Crippen LogP contribution in [0.1, 0.15) is 68.5 Å². The van der Waals surface area contributed by atoms with Crippen LogP contribution in [0.5, 0.6) is 5.75 Å². The highest BCUT2D eigenvalue weighted by Gasteiger charge is 2.52. The summed E-state index contributed by atoms with van der Waals surface area (Å²) in [5.41, 5.74) is 10.6. The lowest BCUT2D eigenvalue weighted by Crippen LogP contribution is -2.70. The summed E-state index contributed by atoms with van der Waals surface area (Å²) in [5, 5.41) is 9.18. The summed E-state index contributed by atoms with van der Waals surface area (Å²) in [7, 11) is 0. The van der Waals surface area contributed by atoms with Crippen LogP contribution in [-0.4, -0.2) is 63.0 Å². The average Bonchev–Trinajstić information content (AvgIpc) is 3.29. The molecule has 2 fully saturated rings. The van der Waals surface area contributed by atoms with Gasteiger partial charge in [0.15, 0.2) is 0 Å². The van der Waals surface area contributed by atoms with Crippen molar-refractivity contribution in [2.75, 3.05) is 19.6 Å². The Hall–Kier alpha value is -3.50. The summed E-state index contributed by atoms with van der Waals surface area (Å²) in [6.45, 7) is 10.7. The van der Waals surface area contributed by atoms with Gasteiger partial charge in [0, 0.05) is 54.6 Å². The Labute approximate surface area is 235 Å². The van der Waals surface area contributed by atoms with Crippen LogP contribution < -0.4 is 16.0 Å². The van der Waals surface area contributed by atoms with Crippen molar-refractivity contribution in [1.82, 2.24) is 20.3 Å². The second kappa shape index (κ2) is 11.5. The summed E-state index contributed by atoms with van der Waals surface area (Å²) >= 11 is 0. The summed E-state index contributed by atoms with van der Waals surface area (Å²) in [4.78, 5) is 46.7. The Balaban J connectivity index is 1.58. The van der Waals surface area contributed by atoms with Crippen LogP contribution in [0.15, 0.2) is 36.4 Å². The average molecular weight is 552 g/mol. The molecule has 10 nitrogen and oxygen atoms in total. The highest BCUT2D eigenvalue weighted by atomic mass is 16.5. The molecule has 2 aliphatic rings. The molecule has 216 valence electrons. The number of aryl methyl sites for hydroxylation is 2. The first-order valence-electron chi connectivity index (χ1n) is 13.8. The van der Waals surface area contributed by atoms with E-state index in [0.29, 0.717) is 31.9 Å². The Morgan fingerprint density at radius 1 is 1.20 bits per heavy atom. The lowest BCUT2D eigenvalue weighted by molar-refractivity contribution is -0.153. The molecule has 3 heterocycles. The highest BCUT2D eigenvalue weighted by molar-refractivity contribution is 5.83. The molecule has 3 unspecified atom stereocenters. The van der Waals surface area contributed by atoms with Crippen LogP contribution in [0.3, 0.4) is 0 Å². The second-order valence-electron chi connectivity index (χ2n) is 12.2. The third-order valence-corrected chi connectivity index (χ3v) is 7.91. The zero-order valence-electron chi connectivity index (χ0n) is 24.1. The maximum absolute atomic E-state index is 13.5. The quantitative estimate of drug-likeness (QED) is 0.355. The van der Waals surface area contributed by atoms with E-state index in [-0.39, 0.29) is 37.1 Å². The van der Waals surface area contributed by atoms with Gasteiger partial charge in [-0.05, 0) is 49.6 Å². The molecule has 4 rings (SSSR count). The number of hydrogen-bond acceptors (Lipinski definition) is 7. The highest BCUT2D eigenvalue weighted by Crippen LogP contribution is 2.41. The van der Waals surface area contributed by atoms with Gasteiger partial charge >= 0.3 is 0 Å². The number of carbonyl (C=O) groups is 3. The molecule has 0 spiro atoms. The second-order valence-corrected chi connectivity index (χ2v) is 12.2. The SMILES string of the molecule is Cc1cc(COc2ccccc2C2CC(=O)N(C3(N)CN(C(=O)C(C)(C)C)CCC3CC(=O)NO)C2)cc(C)n1. The topological polar surface area (TPSA) is 138 Å². The first-order chi connectivity index (χ1) is 18.8. The molecule has 40 heavy (non-hydrogen) atoms. The number of benzene rings is 1. The summed E-state index contributed by atoms with van der Waals surface area (Å²) in [6.07, 6.45) is 0.618. The normalized spacial score (nSPS) is 23.3. The lowest BCUT2D eigenvalue weighted by atomic mass is 9.80. The minimum atomic E-state index is -1.26. The predicted octanol–water partition coefficient (Wildman–Crippen LogP) is 3.04. The van der Waals surface area contributed by atoms with Crippen molar-refractivity contribution >= 4 is 17.7 Å². The van der Waals surface area contributed by atoms with E-state index in [9.17, 15) is 19.6 Å². The first-order valence-corrected chi connectivity index (χ1v) is 13.8. The molecule has 2 saturated heterocycles. The molecule has 0 radical (unpaired) electrons. The number of ether oxygens (including phenoxy) is 1. The lowest BCUT2D eigenvalue weighted by Gasteiger charge is -2.51. The van der Waals surface area contributed by atoms with Crippen molar-refractivity contribution < 1.29 is 24.3 Å². The Morgan fingerprint density at radius 2 is 1.88 bits per heavy atom. The molecule has 10 heteroatoms. The van der Waals surface area contributed by atoms with Crippen LogP contribution in [-0.2, 0) is 21.0 Å². The van der Waals surface area contributed by atoms with Crippen LogP contribution in [0.25, 0.3) is 0 Å². The number of nitrogens with two attached hydrogens (primary N) is 1. The van der Waals surface area contributed by atoms with Gasteiger partial charge in [0.1, 0.15) is 18.0 Å². The number of para-hydroxylation sites is 1. The van der Waals surface area contributed by atoms with Gasteiger partial charge in [-0.25, -0.2) is 5.48 Å². The monoisotopic (exact) mass is 551 g/mol. The Morgan fingerprint density at radius 3 is 2.52 bits per heavy atom. The van der Waals surface area contributed by atoms with Gasteiger partial charge in [-0.15, -0.1) is 0 Å². The van der Waals surface area contributed by atoms with E-state index in [1.807, 2.05) is 71.0 Å². The molecule has 0 aliphatic carbocycles. The molecule has 4 N–H and O–H groups in total. The molecule has 0 saturated carbocycles. The number of piperidine rings is 1. The van der Waals surface area contributed by atoms with E-state index in [4.69, 9.17) is 10.5 Å². The molecule has 2 aliphatic heterocycles. The molecule has 2 aromatic rings. The standard InChI is InChI=1S/C30H41N5O5/c1-19-12-21(13-20(2)32-19)17-40-25-9-7-6-8-24(25)22-14-27(37)35(16-22)30(31)18-34(28(38)29(3,4)5)11-10-23(30)15-26(36)33-39/h6-9,12-13,22-23,39H,10-11,14-18,31H2,1-5H3,(H,33,36). The van der Waals surface area contributed by atoms with E-state index in [0.717, 1.165) is 22.5 Å². The van der Waals surface area contributed by atoms with Crippen LogP contribution in [0.2, 0.25) is 0 Å². The maximum Gasteiger partial charge on any atom is 0.243 e. The first kappa shape index (κ1) is 29.5. The maximum atomic E-state index is 13.5. The molecular weight excluding hydrogens is 510 g/mol. The summed E-state index contributed by atoms with van der Waals surface area (Å²) in [5.74, 6) is -0.677. The third-order valence-electron chi connectivity index (χ3n) is 7.91. The van der Waals surface area contributed by atoms with Gasteiger partial charge in [0.05, 0.1) is 6.54 Å². The Bertz CT molecular complexity index is 1260. The molecule has 1 aromatic carbocycles. The fraction of sp³-hybridized carbons (Fsp3) is 0.533. The van der Waals surface area contributed by atoms with Crippen LogP contribution >= 0.6 is 0 Å². The molecular formula is C30H41N5O5. The van der Waals surface area contributed by atoms with E-state index < -0.39 is 22.9 Å². The number of amides is 3. The van der Waals surface area contributed by atoms with Gasteiger partial charge in [0.2, 0.25) is 17.7 Å². The fourth-order valence-corrected chi connectivity index (χ4v) is 6.01. The number of likely N-dealkylation sites (tertiary alicyclic amines) is 2. The van der Waals surface area contributed by atoms with Crippen LogP contribution in [0.4, 0.5) is 0 Å². The van der Waals surface area contributed by atoms with Gasteiger partial charge < -0.3 is 20.3 Å². The number of hydroxylamine groups is 1. The van der Waals surface area contributed by atoms with Crippen molar-refractivity contribution in [2.45, 2.75) is 72.1 Å². The zero-order chi connectivity index (χ0) is 29.2. The largest absolute Gasteiger partial charge is 0.489 e. The minimum Gasteiger partial charge on any atom is -0.489 e. The smallest absolute Gasteiger partial charge is 0.243 e. The molecule has 1 aromatic heterocycles. The van der Waals surface area contributed by atoms with E-state index in [1.165, 1.54) is 0 Å². The van der Waals surface area contributed by atoms with E-state index in [2.05, 4.69) is 4.98 Å². The summed E-state index contributed by atoms with van der Waals surface area (Å²) in [6, 6.07) is 11.7. The zero-order valence-corrected chi connectivity index (χ0v) is 24.1. The summed E-state index contributed by atoms with van der Waals surface area (Å²) < 4.78 is 6.24. The minimum absolute atomic E-state index is 0.0521. The van der Waals surface area contributed by atoms with E-state index >= 15 is 0 Å². The van der Waals surface area contributed by atoms with Crippen molar-refractivity contribution in [3.63, 3.8) is 0 Å². The van der Waals surface area contributed by atoms with E-state index in [1.54, 1.807) is 15.3 Å². The number of aromatic nitrogens is 1. The molecule has 0 bridgehead atoms. The number of carbonyl (C=O) groups excluding carboxylic acids is 3. The number of nitrogens with one attached hydrogen (secondary N) is 1. The molecule has 3 amide bonds. The Kier molecular flexibility index (Phi) is 8.51. The van der Waals surface area contributed by atoms with Crippen molar-refractivity contribution in [1.29, 1.82) is 0 Å².